The third kappa shape index (κ3) is 3.49. The summed E-state index contributed by atoms with van der Waals surface area (Å²) >= 11 is 0. The number of piperazine rings is 1. The fourth-order valence-electron chi connectivity index (χ4n) is 6.94. The number of hydrogen-bond donors (Lipinski definition) is 1. The van der Waals surface area contributed by atoms with Crippen molar-refractivity contribution in [3.63, 3.8) is 0 Å². The van der Waals surface area contributed by atoms with Crippen molar-refractivity contribution < 1.29 is 14.6 Å². The molecule has 0 bridgehead atoms. The molecule has 5 nitrogen and oxygen atoms in total. The van der Waals surface area contributed by atoms with Crippen LogP contribution in [0, 0.1) is 30.1 Å². The molecule has 3 fully saturated rings. The van der Waals surface area contributed by atoms with Gasteiger partial charge in [-0.3, -0.25) is 9.69 Å². The van der Waals surface area contributed by atoms with Gasteiger partial charge in [-0.2, -0.15) is 0 Å². The molecule has 0 amide bonds. The molecule has 2 unspecified atom stereocenters. The average molecular weight is 439 g/mol. The summed E-state index contributed by atoms with van der Waals surface area (Å²) in [5, 5.41) is 11.6. The fraction of sp³-hybridized carbons (Fsp3) is 0.667. The van der Waals surface area contributed by atoms with Gasteiger partial charge in [0, 0.05) is 55.7 Å². The standard InChI is InChI=1S/C27H38N2O3/c1-17-7-5-10-21(13-17)29-12-11-28(15-19(29)3)16-22-24-23(32-26(22)31)14-20-9-6-8-18(2)27(20,4)25(24)30/h5,7,9-10,13,18-19,22-25,30H,6,8,11-12,14-16H2,1-4H3/t18-,19?,22?,23+,24+,25-,27+/m0/s1. The van der Waals surface area contributed by atoms with Crippen LogP contribution in [0.15, 0.2) is 35.9 Å². The highest BCUT2D eigenvalue weighted by atomic mass is 16.6. The Kier molecular flexibility index (Phi) is 5.61. The van der Waals surface area contributed by atoms with Gasteiger partial charge in [-0.25, -0.2) is 0 Å². The zero-order chi connectivity index (χ0) is 22.6. The van der Waals surface area contributed by atoms with E-state index >= 15 is 0 Å². The maximum absolute atomic E-state index is 13.0. The first-order valence-corrected chi connectivity index (χ1v) is 12.4. The maximum atomic E-state index is 13.0. The lowest BCUT2D eigenvalue weighted by atomic mass is 9.55. The molecule has 174 valence electrons. The molecule has 1 saturated carbocycles. The number of anilines is 1. The van der Waals surface area contributed by atoms with Gasteiger partial charge >= 0.3 is 5.97 Å². The van der Waals surface area contributed by atoms with Crippen molar-refractivity contribution in [2.45, 2.75) is 65.2 Å². The number of carbonyl (C=O) groups excluding carboxylic acids is 1. The van der Waals surface area contributed by atoms with Gasteiger partial charge < -0.3 is 14.7 Å². The van der Waals surface area contributed by atoms with Crippen LogP contribution in [-0.4, -0.2) is 60.4 Å². The fourth-order valence-corrected chi connectivity index (χ4v) is 6.94. The lowest BCUT2D eigenvalue weighted by Crippen LogP contribution is -2.56. The minimum Gasteiger partial charge on any atom is -0.461 e. The number of benzene rings is 1. The summed E-state index contributed by atoms with van der Waals surface area (Å²) in [5.74, 6) is -0.0217. The molecule has 7 atom stereocenters. The lowest BCUT2D eigenvalue weighted by Gasteiger charge is -2.52. The first-order valence-electron chi connectivity index (χ1n) is 12.4. The van der Waals surface area contributed by atoms with E-state index in [1.165, 1.54) is 16.8 Å². The Morgan fingerprint density at radius 3 is 2.81 bits per heavy atom. The van der Waals surface area contributed by atoms with Crippen LogP contribution in [0.5, 0.6) is 0 Å². The van der Waals surface area contributed by atoms with Gasteiger partial charge in [0.2, 0.25) is 0 Å². The molecule has 2 aliphatic heterocycles. The molecule has 0 radical (unpaired) electrons. The number of hydrogen-bond acceptors (Lipinski definition) is 5. The quantitative estimate of drug-likeness (QED) is 0.575. The summed E-state index contributed by atoms with van der Waals surface area (Å²) in [6.07, 6.45) is 4.57. The van der Waals surface area contributed by atoms with E-state index in [1.54, 1.807) is 0 Å². The summed E-state index contributed by atoms with van der Waals surface area (Å²) in [6, 6.07) is 9.07. The number of carbonyl (C=O) groups is 1. The number of nitrogens with zero attached hydrogens (tertiary/aromatic N) is 2. The summed E-state index contributed by atoms with van der Waals surface area (Å²) in [6.45, 7) is 12.4. The number of allylic oxidation sites excluding steroid dienone is 1. The largest absolute Gasteiger partial charge is 0.461 e. The molecule has 5 heteroatoms. The van der Waals surface area contributed by atoms with E-state index in [0.717, 1.165) is 38.9 Å². The highest BCUT2D eigenvalue weighted by molar-refractivity contribution is 5.76. The number of aryl methyl sites for hydroxylation is 1. The van der Waals surface area contributed by atoms with Crippen molar-refractivity contribution in [2.24, 2.45) is 23.2 Å². The van der Waals surface area contributed by atoms with E-state index in [2.05, 4.69) is 67.8 Å². The van der Waals surface area contributed by atoms with Crippen LogP contribution in [0.3, 0.4) is 0 Å². The lowest BCUT2D eigenvalue weighted by molar-refractivity contribution is -0.145. The van der Waals surface area contributed by atoms with Crippen LogP contribution in [0.1, 0.15) is 45.6 Å². The molecule has 32 heavy (non-hydrogen) atoms. The van der Waals surface area contributed by atoms with Crippen LogP contribution >= 0.6 is 0 Å². The van der Waals surface area contributed by atoms with Crippen molar-refractivity contribution in [2.75, 3.05) is 31.1 Å². The van der Waals surface area contributed by atoms with Gasteiger partial charge in [-0.05, 0) is 50.3 Å². The molecule has 0 aromatic heterocycles. The number of aliphatic hydroxyl groups excluding tert-OH is 1. The molecular formula is C27H38N2O3. The van der Waals surface area contributed by atoms with Gasteiger partial charge in [0.15, 0.2) is 0 Å². The SMILES string of the molecule is Cc1cccc(N2CCN(CC3C(=O)O[C@@H]4CC5=CCC[C@H](C)[C@@]5(C)[C@@H](O)[C@H]34)CC2C)c1. The van der Waals surface area contributed by atoms with Gasteiger partial charge in [0.25, 0.3) is 0 Å². The van der Waals surface area contributed by atoms with Crippen molar-refractivity contribution in [1.82, 2.24) is 4.90 Å². The molecule has 4 aliphatic rings. The summed E-state index contributed by atoms with van der Waals surface area (Å²) in [7, 11) is 0. The molecule has 5 rings (SSSR count). The van der Waals surface area contributed by atoms with E-state index in [0.29, 0.717) is 18.5 Å². The zero-order valence-corrected chi connectivity index (χ0v) is 20.0. The molecular weight excluding hydrogens is 400 g/mol. The van der Waals surface area contributed by atoms with Gasteiger partial charge in [-0.1, -0.05) is 37.6 Å². The molecule has 2 saturated heterocycles. The number of rotatable bonds is 3. The van der Waals surface area contributed by atoms with E-state index in [-0.39, 0.29) is 29.3 Å². The average Bonchev–Trinajstić information content (AvgIpc) is 3.05. The van der Waals surface area contributed by atoms with E-state index in [9.17, 15) is 9.90 Å². The van der Waals surface area contributed by atoms with Gasteiger partial charge in [-0.15, -0.1) is 0 Å². The van der Waals surface area contributed by atoms with E-state index in [4.69, 9.17) is 4.74 Å². The first-order chi connectivity index (χ1) is 15.3. The molecule has 2 aliphatic carbocycles. The van der Waals surface area contributed by atoms with Gasteiger partial charge in [0.1, 0.15) is 6.10 Å². The van der Waals surface area contributed by atoms with Crippen LogP contribution in [0.25, 0.3) is 0 Å². The molecule has 1 aromatic rings. The number of aliphatic hydroxyl groups is 1. The van der Waals surface area contributed by atoms with Gasteiger partial charge in [0.05, 0.1) is 12.0 Å². The topological polar surface area (TPSA) is 53.0 Å². The van der Waals surface area contributed by atoms with Crippen molar-refractivity contribution in [3.8, 4) is 0 Å². The Morgan fingerprint density at radius 1 is 1.25 bits per heavy atom. The van der Waals surface area contributed by atoms with Crippen LogP contribution in [-0.2, 0) is 9.53 Å². The second-order valence-corrected chi connectivity index (χ2v) is 10.9. The normalized spacial score (nSPS) is 39.8. The molecule has 0 spiro atoms. The predicted molar refractivity (Wildman–Crippen MR) is 126 cm³/mol. The summed E-state index contributed by atoms with van der Waals surface area (Å²) < 4.78 is 5.87. The first kappa shape index (κ1) is 22.0. The minimum absolute atomic E-state index is 0.102. The van der Waals surface area contributed by atoms with E-state index in [1.807, 2.05) is 0 Å². The van der Waals surface area contributed by atoms with Crippen molar-refractivity contribution in [1.29, 1.82) is 0 Å². The third-order valence-electron chi connectivity index (χ3n) is 9.07. The second kappa shape index (κ2) is 8.18. The zero-order valence-electron chi connectivity index (χ0n) is 20.0. The molecule has 1 N–H and O–H groups in total. The Hall–Kier alpha value is -1.85. The van der Waals surface area contributed by atoms with Crippen molar-refractivity contribution >= 4 is 11.7 Å². The summed E-state index contributed by atoms with van der Waals surface area (Å²) in [5.41, 5.74) is 3.63. The Bertz CT molecular complexity index is 914. The van der Waals surface area contributed by atoms with Crippen LogP contribution < -0.4 is 4.90 Å². The Labute approximate surface area is 192 Å². The molecule has 1 aromatic carbocycles. The highest BCUT2D eigenvalue weighted by Crippen LogP contribution is 2.56. The third-order valence-corrected chi connectivity index (χ3v) is 9.07. The second-order valence-electron chi connectivity index (χ2n) is 10.9. The Morgan fingerprint density at radius 2 is 2.06 bits per heavy atom. The van der Waals surface area contributed by atoms with Crippen molar-refractivity contribution in [3.05, 3.63) is 41.5 Å². The number of fused-ring (bicyclic) bond motifs is 2. The number of esters is 1. The van der Waals surface area contributed by atoms with Crippen LogP contribution in [0.2, 0.25) is 0 Å². The number of ether oxygens (including phenoxy) is 1. The van der Waals surface area contributed by atoms with Crippen LogP contribution in [0.4, 0.5) is 5.69 Å². The summed E-state index contributed by atoms with van der Waals surface area (Å²) in [4.78, 5) is 17.8. The monoisotopic (exact) mass is 438 g/mol. The molecule has 2 heterocycles. The Balaban J connectivity index is 1.30. The minimum atomic E-state index is -0.523. The maximum Gasteiger partial charge on any atom is 0.311 e. The highest BCUT2D eigenvalue weighted by Gasteiger charge is 2.59. The van der Waals surface area contributed by atoms with E-state index < -0.39 is 6.10 Å². The predicted octanol–water partition coefficient (Wildman–Crippen LogP) is 3.79. The smallest absolute Gasteiger partial charge is 0.311 e.